The van der Waals surface area contributed by atoms with E-state index in [9.17, 15) is 0 Å². The number of anilines is 1. The van der Waals surface area contributed by atoms with Gasteiger partial charge in [-0.15, -0.1) is 0 Å². The first-order valence-corrected chi connectivity index (χ1v) is 6.77. The molecule has 1 aromatic rings. The second kappa shape index (κ2) is 5.43. The van der Waals surface area contributed by atoms with Gasteiger partial charge in [-0.25, -0.2) is 9.97 Å². The van der Waals surface area contributed by atoms with Crippen molar-refractivity contribution in [2.24, 2.45) is 0 Å². The Morgan fingerprint density at radius 1 is 1.26 bits per heavy atom. The zero-order chi connectivity index (χ0) is 14.0. The van der Waals surface area contributed by atoms with Crippen molar-refractivity contribution in [2.45, 2.75) is 45.1 Å². The number of nitrogen functional groups attached to an aromatic ring is 1. The SMILES string of the molecule is COC1(c2nc(C)c(C(C)C)c(N)n2)CCOCC1. The average molecular weight is 265 g/mol. The zero-order valence-corrected chi connectivity index (χ0v) is 12.2. The third-order valence-corrected chi connectivity index (χ3v) is 3.84. The molecule has 1 saturated heterocycles. The van der Waals surface area contributed by atoms with Gasteiger partial charge in [0.25, 0.3) is 0 Å². The van der Waals surface area contributed by atoms with Crippen LogP contribution >= 0.6 is 0 Å². The van der Waals surface area contributed by atoms with E-state index in [1.165, 1.54) is 0 Å². The van der Waals surface area contributed by atoms with E-state index in [4.69, 9.17) is 15.2 Å². The van der Waals surface area contributed by atoms with Crippen LogP contribution in [-0.2, 0) is 15.1 Å². The molecule has 2 heterocycles. The maximum absolute atomic E-state index is 6.11. The lowest BCUT2D eigenvalue weighted by molar-refractivity contribution is -0.1000. The maximum atomic E-state index is 6.11. The van der Waals surface area contributed by atoms with Crippen molar-refractivity contribution in [1.82, 2.24) is 9.97 Å². The Bertz CT molecular complexity index is 431. The number of hydrogen-bond donors (Lipinski definition) is 1. The van der Waals surface area contributed by atoms with Gasteiger partial charge in [-0.2, -0.15) is 0 Å². The second-order valence-electron chi connectivity index (χ2n) is 5.40. The van der Waals surface area contributed by atoms with Crippen LogP contribution in [0, 0.1) is 6.92 Å². The molecule has 1 aliphatic rings. The van der Waals surface area contributed by atoms with Crippen LogP contribution in [0.25, 0.3) is 0 Å². The molecule has 19 heavy (non-hydrogen) atoms. The summed E-state index contributed by atoms with van der Waals surface area (Å²) in [6.07, 6.45) is 1.53. The fourth-order valence-corrected chi connectivity index (χ4v) is 2.74. The van der Waals surface area contributed by atoms with Gasteiger partial charge in [0.2, 0.25) is 0 Å². The van der Waals surface area contributed by atoms with E-state index >= 15 is 0 Å². The highest BCUT2D eigenvalue weighted by molar-refractivity contribution is 5.44. The van der Waals surface area contributed by atoms with E-state index in [-0.39, 0.29) is 0 Å². The average Bonchev–Trinajstić information content (AvgIpc) is 2.38. The molecule has 1 aliphatic heterocycles. The molecule has 1 aromatic heterocycles. The van der Waals surface area contributed by atoms with Gasteiger partial charge < -0.3 is 15.2 Å². The molecule has 0 spiro atoms. The molecule has 2 N–H and O–H groups in total. The van der Waals surface area contributed by atoms with Gasteiger partial charge >= 0.3 is 0 Å². The predicted molar refractivity (Wildman–Crippen MR) is 74.0 cm³/mol. The van der Waals surface area contributed by atoms with Gasteiger partial charge in [0.05, 0.1) is 0 Å². The van der Waals surface area contributed by atoms with Crippen molar-refractivity contribution >= 4 is 5.82 Å². The molecular formula is C14H23N3O2. The standard InChI is InChI=1S/C14H23N3O2/c1-9(2)11-10(3)16-13(17-12(11)15)14(18-4)5-7-19-8-6-14/h9H,5-8H2,1-4H3,(H2,15,16,17). The lowest BCUT2D eigenvalue weighted by Gasteiger charge is -2.34. The van der Waals surface area contributed by atoms with Gasteiger partial charge in [-0.3, -0.25) is 0 Å². The number of nitrogens with two attached hydrogens (primary N) is 1. The zero-order valence-electron chi connectivity index (χ0n) is 12.2. The van der Waals surface area contributed by atoms with Gasteiger partial charge in [0.1, 0.15) is 11.4 Å². The van der Waals surface area contributed by atoms with Gasteiger partial charge in [-0.05, 0) is 12.8 Å². The molecule has 5 nitrogen and oxygen atoms in total. The number of aryl methyl sites for hydroxylation is 1. The summed E-state index contributed by atoms with van der Waals surface area (Å²) in [6.45, 7) is 7.52. The molecule has 0 aliphatic carbocycles. The fraction of sp³-hybridized carbons (Fsp3) is 0.714. The third kappa shape index (κ3) is 2.58. The summed E-state index contributed by atoms with van der Waals surface area (Å²) in [7, 11) is 1.70. The normalized spacial score (nSPS) is 18.8. The van der Waals surface area contributed by atoms with Crippen molar-refractivity contribution in [3.8, 4) is 0 Å². The third-order valence-electron chi connectivity index (χ3n) is 3.84. The summed E-state index contributed by atoms with van der Waals surface area (Å²) in [4.78, 5) is 9.16. The largest absolute Gasteiger partial charge is 0.383 e. The van der Waals surface area contributed by atoms with Gasteiger partial charge in [0.15, 0.2) is 5.82 Å². The minimum atomic E-state index is -0.452. The maximum Gasteiger partial charge on any atom is 0.163 e. The smallest absolute Gasteiger partial charge is 0.163 e. The van der Waals surface area contributed by atoms with Crippen molar-refractivity contribution in [3.05, 3.63) is 17.1 Å². The minimum Gasteiger partial charge on any atom is -0.383 e. The molecular weight excluding hydrogens is 242 g/mol. The van der Waals surface area contributed by atoms with E-state index in [0.29, 0.717) is 30.8 Å². The summed E-state index contributed by atoms with van der Waals surface area (Å²) in [5, 5.41) is 0. The summed E-state index contributed by atoms with van der Waals surface area (Å²) in [5.41, 5.74) is 7.63. The molecule has 0 bridgehead atoms. The minimum absolute atomic E-state index is 0.322. The van der Waals surface area contributed by atoms with E-state index in [1.54, 1.807) is 7.11 Å². The molecule has 0 atom stereocenters. The number of ether oxygens (including phenoxy) is 2. The van der Waals surface area contributed by atoms with Crippen LogP contribution in [-0.4, -0.2) is 30.3 Å². The Balaban J connectivity index is 2.45. The number of methoxy groups -OCH3 is 1. The first kappa shape index (κ1) is 14.2. The molecule has 106 valence electrons. The first-order valence-electron chi connectivity index (χ1n) is 6.77. The first-order chi connectivity index (χ1) is 9.00. The van der Waals surface area contributed by atoms with Crippen LogP contribution < -0.4 is 5.73 Å². The van der Waals surface area contributed by atoms with Crippen LogP contribution in [0.5, 0.6) is 0 Å². The van der Waals surface area contributed by atoms with Crippen LogP contribution in [0.3, 0.4) is 0 Å². The Kier molecular flexibility index (Phi) is 4.06. The summed E-state index contributed by atoms with van der Waals surface area (Å²) in [6, 6.07) is 0. The summed E-state index contributed by atoms with van der Waals surface area (Å²) in [5.74, 6) is 1.58. The molecule has 5 heteroatoms. The van der Waals surface area contributed by atoms with Crippen LogP contribution in [0.2, 0.25) is 0 Å². The van der Waals surface area contributed by atoms with Gasteiger partial charge in [0, 0.05) is 44.4 Å². The Morgan fingerprint density at radius 2 is 1.89 bits per heavy atom. The Hall–Kier alpha value is -1.20. The molecule has 0 saturated carbocycles. The molecule has 2 rings (SSSR count). The number of nitrogens with zero attached hydrogens (tertiary/aromatic N) is 2. The highest BCUT2D eigenvalue weighted by Gasteiger charge is 2.38. The quantitative estimate of drug-likeness (QED) is 0.906. The number of hydrogen-bond acceptors (Lipinski definition) is 5. The Labute approximate surface area is 114 Å². The van der Waals surface area contributed by atoms with E-state index in [1.807, 2.05) is 6.92 Å². The predicted octanol–water partition coefficient (Wildman–Crippen LogP) is 2.14. The fourth-order valence-electron chi connectivity index (χ4n) is 2.74. The van der Waals surface area contributed by atoms with Crippen LogP contribution in [0.4, 0.5) is 5.82 Å². The van der Waals surface area contributed by atoms with E-state index in [2.05, 4.69) is 23.8 Å². The molecule has 0 radical (unpaired) electrons. The van der Waals surface area contributed by atoms with Crippen LogP contribution in [0.15, 0.2) is 0 Å². The van der Waals surface area contributed by atoms with Gasteiger partial charge in [-0.1, -0.05) is 13.8 Å². The van der Waals surface area contributed by atoms with E-state index in [0.717, 1.165) is 24.1 Å². The molecule has 0 amide bonds. The monoisotopic (exact) mass is 265 g/mol. The Morgan fingerprint density at radius 3 is 2.37 bits per heavy atom. The molecule has 0 unspecified atom stereocenters. The highest BCUT2D eigenvalue weighted by atomic mass is 16.5. The van der Waals surface area contributed by atoms with Crippen molar-refractivity contribution in [1.29, 1.82) is 0 Å². The second-order valence-corrected chi connectivity index (χ2v) is 5.40. The van der Waals surface area contributed by atoms with Crippen molar-refractivity contribution in [2.75, 3.05) is 26.1 Å². The highest BCUT2D eigenvalue weighted by Crippen LogP contribution is 2.35. The topological polar surface area (TPSA) is 70.3 Å². The van der Waals surface area contributed by atoms with Crippen molar-refractivity contribution < 1.29 is 9.47 Å². The molecule has 0 aromatic carbocycles. The number of aromatic nitrogens is 2. The number of rotatable bonds is 3. The van der Waals surface area contributed by atoms with Crippen LogP contribution in [0.1, 0.15) is 49.7 Å². The van der Waals surface area contributed by atoms with E-state index < -0.39 is 5.60 Å². The molecule has 1 fully saturated rings. The summed E-state index contributed by atoms with van der Waals surface area (Å²) >= 11 is 0. The van der Waals surface area contributed by atoms with Crippen molar-refractivity contribution in [3.63, 3.8) is 0 Å². The summed E-state index contributed by atoms with van der Waals surface area (Å²) < 4.78 is 11.1. The lowest BCUT2D eigenvalue weighted by atomic mass is 9.92. The lowest BCUT2D eigenvalue weighted by Crippen LogP contribution is -2.38.